The van der Waals surface area contributed by atoms with Crippen LogP contribution in [0.5, 0.6) is 0 Å². The summed E-state index contributed by atoms with van der Waals surface area (Å²) in [5.74, 6) is 0. The van der Waals surface area contributed by atoms with E-state index in [0.717, 1.165) is 22.7 Å². The number of benzene rings is 9. The van der Waals surface area contributed by atoms with Crippen molar-refractivity contribution in [2.24, 2.45) is 0 Å². The average molecular weight is 751 g/mol. The number of fused-ring (bicyclic) bond motifs is 9. The Bertz CT molecular complexity index is 3200. The molecule has 2 nitrogen and oxygen atoms in total. The lowest BCUT2D eigenvalue weighted by Gasteiger charge is -2.48. The summed E-state index contributed by atoms with van der Waals surface area (Å²) in [6, 6.07) is 79.9. The van der Waals surface area contributed by atoms with Gasteiger partial charge in [0.25, 0.3) is 0 Å². The lowest BCUT2D eigenvalue weighted by molar-refractivity contribution is 0.695. The van der Waals surface area contributed by atoms with Gasteiger partial charge in [0.15, 0.2) is 0 Å². The van der Waals surface area contributed by atoms with Crippen LogP contribution in [-0.4, -0.2) is 0 Å². The molecule has 0 aromatic heterocycles. The van der Waals surface area contributed by atoms with Gasteiger partial charge in [-0.25, -0.2) is 0 Å². The Kier molecular flexibility index (Phi) is 6.54. The maximum atomic E-state index is 2.57. The molecule has 0 saturated heterocycles. The van der Waals surface area contributed by atoms with Gasteiger partial charge in [0.2, 0.25) is 0 Å². The van der Waals surface area contributed by atoms with Crippen LogP contribution < -0.4 is 9.80 Å². The minimum Gasteiger partial charge on any atom is -0.310 e. The van der Waals surface area contributed by atoms with Crippen LogP contribution in [0.4, 0.5) is 34.1 Å². The maximum Gasteiger partial charge on any atom is 0.0755 e. The number of nitrogens with zero attached hydrogens (tertiary/aromatic N) is 2. The quantitative estimate of drug-likeness (QED) is 0.177. The summed E-state index contributed by atoms with van der Waals surface area (Å²) in [5.41, 5.74) is 22.7. The summed E-state index contributed by atoms with van der Waals surface area (Å²) in [5, 5.41) is 0. The van der Waals surface area contributed by atoms with E-state index in [4.69, 9.17) is 0 Å². The SMILES string of the molecule is CC12c3ccccc3-c3ccc(cc31)N(c1ccccc1-c1ccccc1)c1ccc3c(c1)C1(c4ccccc4-3)c3ccccc3N(c3ccccc3)c3c2cccc31. The summed E-state index contributed by atoms with van der Waals surface area (Å²) in [4.78, 5) is 5.09. The van der Waals surface area contributed by atoms with Crippen LogP contribution in [0.3, 0.4) is 0 Å². The highest BCUT2D eigenvalue weighted by atomic mass is 15.2. The van der Waals surface area contributed by atoms with Crippen LogP contribution in [-0.2, 0) is 10.8 Å². The number of hydrogen-bond acceptors (Lipinski definition) is 2. The first-order valence-electron chi connectivity index (χ1n) is 20.7. The second kappa shape index (κ2) is 11.8. The zero-order valence-corrected chi connectivity index (χ0v) is 32.6. The van der Waals surface area contributed by atoms with Gasteiger partial charge in [0.1, 0.15) is 0 Å². The zero-order valence-electron chi connectivity index (χ0n) is 32.6. The molecule has 2 aliphatic heterocycles. The van der Waals surface area contributed by atoms with Crippen LogP contribution >= 0.6 is 0 Å². The first-order chi connectivity index (χ1) is 29.2. The fourth-order valence-corrected chi connectivity index (χ4v) is 11.4. The van der Waals surface area contributed by atoms with Crippen LogP contribution in [0.25, 0.3) is 33.4 Å². The van der Waals surface area contributed by atoms with Crippen LogP contribution in [0, 0.1) is 0 Å². The van der Waals surface area contributed by atoms with Crippen molar-refractivity contribution >= 4 is 34.1 Å². The normalized spacial score (nSPS) is 18.3. The lowest BCUT2D eigenvalue weighted by atomic mass is 9.62. The Morgan fingerprint density at radius 2 is 0.814 bits per heavy atom. The van der Waals surface area contributed by atoms with E-state index in [9.17, 15) is 0 Å². The summed E-state index contributed by atoms with van der Waals surface area (Å²) in [6.07, 6.45) is 0. The number of anilines is 6. The van der Waals surface area contributed by atoms with Crippen molar-refractivity contribution in [3.05, 3.63) is 251 Å². The summed E-state index contributed by atoms with van der Waals surface area (Å²) in [7, 11) is 0. The van der Waals surface area contributed by atoms with E-state index < -0.39 is 10.8 Å². The number of hydrogen-bond donors (Lipinski definition) is 0. The van der Waals surface area contributed by atoms with Gasteiger partial charge in [-0.3, -0.25) is 0 Å². The van der Waals surface area contributed by atoms with Gasteiger partial charge in [-0.05, 0) is 122 Å². The predicted octanol–water partition coefficient (Wildman–Crippen LogP) is 14.6. The molecule has 2 heterocycles. The number of para-hydroxylation sites is 4. The third kappa shape index (κ3) is 4.10. The fourth-order valence-electron chi connectivity index (χ4n) is 11.4. The fraction of sp³-hybridized carbons (Fsp3) is 0.0526. The molecular formula is C57H38N2. The predicted molar refractivity (Wildman–Crippen MR) is 243 cm³/mol. The minimum absolute atomic E-state index is 0.494. The van der Waals surface area contributed by atoms with Gasteiger partial charge in [0.05, 0.1) is 22.5 Å². The highest BCUT2D eigenvalue weighted by Gasteiger charge is 2.54. The van der Waals surface area contributed by atoms with Crippen molar-refractivity contribution in [2.45, 2.75) is 17.8 Å². The van der Waals surface area contributed by atoms with Gasteiger partial charge in [0, 0.05) is 28.0 Å². The minimum atomic E-state index is -0.593. The van der Waals surface area contributed by atoms with E-state index in [1.807, 2.05) is 0 Å². The Balaban J connectivity index is 1.24. The first-order valence-corrected chi connectivity index (χ1v) is 20.7. The molecule has 276 valence electrons. The van der Waals surface area contributed by atoms with Crippen molar-refractivity contribution in [1.29, 1.82) is 0 Å². The van der Waals surface area contributed by atoms with Crippen molar-refractivity contribution < 1.29 is 0 Å². The highest BCUT2D eigenvalue weighted by molar-refractivity contribution is 6.00. The van der Waals surface area contributed by atoms with E-state index in [-0.39, 0.29) is 0 Å². The van der Waals surface area contributed by atoms with Crippen LogP contribution in [0.15, 0.2) is 212 Å². The Labute approximate surface area is 344 Å². The molecule has 9 aromatic carbocycles. The van der Waals surface area contributed by atoms with Gasteiger partial charge in [-0.2, -0.15) is 0 Å². The molecule has 2 aliphatic carbocycles. The molecule has 13 rings (SSSR count). The largest absolute Gasteiger partial charge is 0.310 e. The van der Waals surface area contributed by atoms with Crippen molar-refractivity contribution in [3.8, 4) is 33.4 Å². The molecule has 59 heavy (non-hydrogen) atoms. The lowest BCUT2D eigenvalue weighted by Crippen LogP contribution is -2.38. The first kappa shape index (κ1) is 32.6. The Morgan fingerprint density at radius 1 is 0.305 bits per heavy atom. The maximum absolute atomic E-state index is 2.57. The van der Waals surface area contributed by atoms with Crippen molar-refractivity contribution in [3.63, 3.8) is 0 Å². The van der Waals surface area contributed by atoms with Gasteiger partial charge in [-0.1, -0.05) is 164 Å². The Morgan fingerprint density at radius 3 is 1.56 bits per heavy atom. The van der Waals surface area contributed by atoms with E-state index in [0.29, 0.717) is 0 Å². The van der Waals surface area contributed by atoms with Crippen molar-refractivity contribution in [2.75, 3.05) is 9.80 Å². The molecule has 4 aliphatic rings. The molecule has 0 fully saturated rings. The molecular weight excluding hydrogens is 713 g/mol. The third-order valence-electron chi connectivity index (χ3n) is 13.8. The molecule has 1 spiro atoms. The summed E-state index contributed by atoms with van der Waals surface area (Å²) in [6.45, 7) is 2.48. The average Bonchev–Trinajstić information content (AvgIpc) is 3.73. The molecule has 2 unspecified atom stereocenters. The van der Waals surface area contributed by atoms with E-state index in [2.05, 4.69) is 229 Å². The van der Waals surface area contributed by atoms with Crippen LogP contribution in [0.1, 0.15) is 45.9 Å². The van der Waals surface area contributed by atoms with E-state index in [1.165, 1.54) is 83.7 Å². The smallest absolute Gasteiger partial charge is 0.0755 e. The molecule has 0 N–H and O–H groups in total. The molecule has 9 aromatic rings. The van der Waals surface area contributed by atoms with E-state index >= 15 is 0 Å². The summed E-state index contributed by atoms with van der Waals surface area (Å²) < 4.78 is 0. The second-order valence-electron chi connectivity index (χ2n) is 16.5. The van der Waals surface area contributed by atoms with Gasteiger partial charge >= 0.3 is 0 Å². The molecule has 2 atom stereocenters. The molecule has 8 bridgehead atoms. The van der Waals surface area contributed by atoms with Gasteiger partial charge in [-0.15, -0.1) is 0 Å². The molecule has 0 amide bonds. The third-order valence-corrected chi connectivity index (χ3v) is 13.8. The van der Waals surface area contributed by atoms with E-state index in [1.54, 1.807) is 0 Å². The highest BCUT2D eigenvalue weighted by Crippen LogP contribution is 2.67. The zero-order chi connectivity index (χ0) is 38.9. The molecule has 0 saturated carbocycles. The van der Waals surface area contributed by atoms with Crippen molar-refractivity contribution in [1.82, 2.24) is 0 Å². The Hall–Kier alpha value is -7.42. The standard InChI is InChI=1S/C57H38N2/c1-56-46-24-11-8-22-42(46)44-33-31-39(35-51(44)56)58(53-29-14-10-21-41(53)37-17-4-2-5-18-37)40-32-34-45-43-23-9-12-25-47(43)57(52(45)36-40)48-26-13-15-30-54(48)59(38-19-6-3-7-20-38)55-49(56)27-16-28-50(55)57/h2-36H,1H3. The van der Waals surface area contributed by atoms with Crippen LogP contribution in [0.2, 0.25) is 0 Å². The number of rotatable bonds is 3. The monoisotopic (exact) mass is 750 g/mol. The molecule has 0 radical (unpaired) electrons. The summed E-state index contributed by atoms with van der Waals surface area (Å²) >= 11 is 0. The topological polar surface area (TPSA) is 6.48 Å². The molecule has 2 heteroatoms. The second-order valence-corrected chi connectivity index (χ2v) is 16.5. The van der Waals surface area contributed by atoms with Gasteiger partial charge < -0.3 is 9.80 Å².